The molecule has 0 aromatic heterocycles. The third-order valence-electron chi connectivity index (χ3n) is 6.00. The molecule has 2 heterocycles. The summed E-state index contributed by atoms with van der Waals surface area (Å²) in [5.41, 5.74) is -0.538. The van der Waals surface area contributed by atoms with E-state index in [4.69, 9.17) is 4.74 Å². The first-order valence-corrected chi connectivity index (χ1v) is 13.6. The summed E-state index contributed by atoms with van der Waals surface area (Å²) in [6, 6.07) is 8.66. The average molecular weight is 480 g/mol. The van der Waals surface area contributed by atoms with E-state index in [1.54, 1.807) is 18.7 Å². The summed E-state index contributed by atoms with van der Waals surface area (Å²) in [6.07, 6.45) is 1.05. The Bertz CT molecular complexity index is 1280. The molecule has 0 saturated carbocycles. The van der Waals surface area contributed by atoms with Gasteiger partial charge in [0.2, 0.25) is 15.7 Å². The molecule has 4 rings (SSSR count). The predicted octanol–water partition coefficient (Wildman–Crippen LogP) is 2.12. The number of amides is 1. The SMILES string of the molecule is CC1(C)Oc2ccc(S(=O)(=O)c3ccc(S(C)(=O)=O)cc3)cc2[C@H](N2CCCC2=O)[C@H]1O. The summed E-state index contributed by atoms with van der Waals surface area (Å²) in [6.45, 7) is 3.92. The molecule has 0 aliphatic carbocycles. The largest absolute Gasteiger partial charge is 0.485 e. The number of benzene rings is 2. The fourth-order valence-electron chi connectivity index (χ4n) is 4.22. The summed E-state index contributed by atoms with van der Waals surface area (Å²) in [4.78, 5) is 14.0. The van der Waals surface area contributed by atoms with Crippen molar-refractivity contribution in [3.8, 4) is 5.75 Å². The molecule has 2 atom stereocenters. The van der Waals surface area contributed by atoms with E-state index in [0.29, 0.717) is 30.7 Å². The maximum atomic E-state index is 13.2. The van der Waals surface area contributed by atoms with E-state index in [-0.39, 0.29) is 20.6 Å². The predicted molar refractivity (Wildman–Crippen MR) is 116 cm³/mol. The van der Waals surface area contributed by atoms with Crippen molar-refractivity contribution in [2.24, 2.45) is 0 Å². The lowest BCUT2D eigenvalue weighted by molar-refractivity contribution is -0.139. The summed E-state index contributed by atoms with van der Waals surface area (Å²) in [7, 11) is -7.43. The highest BCUT2D eigenvalue weighted by Gasteiger charge is 2.47. The Labute approximate surface area is 187 Å². The molecule has 2 aliphatic heterocycles. The average Bonchev–Trinajstić information content (AvgIpc) is 3.13. The molecule has 0 bridgehead atoms. The van der Waals surface area contributed by atoms with Crippen LogP contribution in [-0.2, 0) is 24.5 Å². The van der Waals surface area contributed by atoms with E-state index in [1.165, 1.54) is 42.5 Å². The second-order valence-corrected chi connectivity index (χ2v) is 12.7. The maximum Gasteiger partial charge on any atom is 0.223 e. The Morgan fingerprint density at radius 2 is 1.59 bits per heavy atom. The van der Waals surface area contributed by atoms with Gasteiger partial charge in [-0.3, -0.25) is 4.79 Å². The number of aliphatic hydroxyl groups excluding tert-OH is 1. The number of fused-ring (bicyclic) bond motifs is 1. The van der Waals surface area contributed by atoms with Gasteiger partial charge in [-0.2, -0.15) is 0 Å². The summed E-state index contributed by atoms with van der Waals surface area (Å²) >= 11 is 0. The highest BCUT2D eigenvalue weighted by Crippen LogP contribution is 2.45. The van der Waals surface area contributed by atoms with Crippen LogP contribution in [0.5, 0.6) is 5.75 Å². The monoisotopic (exact) mass is 479 g/mol. The van der Waals surface area contributed by atoms with Crippen molar-refractivity contribution in [3.63, 3.8) is 0 Å². The summed E-state index contributed by atoms with van der Waals surface area (Å²) in [5.74, 6) is 0.318. The molecule has 1 N–H and O–H groups in total. The number of rotatable bonds is 4. The molecule has 2 aromatic rings. The maximum absolute atomic E-state index is 13.2. The third kappa shape index (κ3) is 3.80. The molecule has 0 radical (unpaired) electrons. The van der Waals surface area contributed by atoms with Crippen molar-refractivity contribution in [3.05, 3.63) is 48.0 Å². The lowest BCUT2D eigenvalue weighted by Crippen LogP contribution is -2.53. The van der Waals surface area contributed by atoms with Crippen molar-refractivity contribution in [1.29, 1.82) is 0 Å². The van der Waals surface area contributed by atoms with Gasteiger partial charge in [0, 0.05) is 24.8 Å². The normalized spacial score (nSPS) is 23.0. The Morgan fingerprint density at radius 1 is 1.00 bits per heavy atom. The number of carbonyl (C=O) groups excluding carboxylic acids is 1. The van der Waals surface area contributed by atoms with Crippen LogP contribution in [0, 0.1) is 0 Å². The molecule has 1 amide bonds. The van der Waals surface area contributed by atoms with E-state index >= 15 is 0 Å². The fraction of sp³-hybridized carbons (Fsp3) is 0.409. The van der Waals surface area contributed by atoms with Gasteiger partial charge in [-0.15, -0.1) is 0 Å². The standard InChI is InChI=1S/C22H25NO7S2/c1-22(2)21(25)20(23-12-4-5-19(23)24)17-13-16(10-11-18(17)30-22)32(28,29)15-8-6-14(7-9-15)31(3,26)27/h6-11,13,20-21,25H,4-5,12H2,1-3H3/t20-,21+/m0/s1. The molecule has 2 aliphatic rings. The Balaban J connectivity index is 1.80. The van der Waals surface area contributed by atoms with Crippen LogP contribution in [0.25, 0.3) is 0 Å². The zero-order valence-electron chi connectivity index (χ0n) is 18.0. The van der Waals surface area contributed by atoms with Gasteiger partial charge in [0.1, 0.15) is 17.5 Å². The van der Waals surface area contributed by atoms with Crippen LogP contribution in [-0.4, -0.2) is 57.3 Å². The zero-order valence-corrected chi connectivity index (χ0v) is 19.6. The minimum Gasteiger partial charge on any atom is -0.485 e. The van der Waals surface area contributed by atoms with Gasteiger partial charge in [0.15, 0.2) is 9.84 Å². The van der Waals surface area contributed by atoms with E-state index in [1.807, 2.05) is 0 Å². The highest BCUT2D eigenvalue weighted by molar-refractivity contribution is 7.91. The number of aliphatic hydroxyl groups is 1. The minimum absolute atomic E-state index is 0.0215. The number of hydrogen-bond donors (Lipinski definition) is 1. The zero-order chi connectivity index (χ0) is 23.5. The fourth-order valence-corrected chi connectivity index (χ4v) is 6.14. The number of sulfone groups is 2. The molecule has 1 saturated heterocycles. The van der Waals surface area contributed by atoms with Crippen molar-refractivity contribution in [2.45, 2.75) is 59.1 Å². The van der Waals surface area contributed by atoms with Gasteiger partial charge in [-0.1, -0.05) is 0 Å². The molecule has 172 valence electrons. The lowest BCUT2D eigenvalue weighted by Gasteiger charge is -2.45. The van der Waals surface area contributed by atoms with Crippen molar-refractivity contribution >= 4 is 25.6 Å². The van der Waals surface area contributed by atoms with E-state index in [2.05, 4.69) is 0 Å². The quantitative estimate of drug-likeness (QED) is 0.714. The van der Waals surface area contributed by atoms with Crippen LogP contribution < -0.4 is 4.74 Å². The molecule has 0 spiro atoms. The van der Waals surface area contributed by atoms with Gasteiger partial charge in [-0.25, -0.2) is 16.8 Å². The second-order valence-electron chi connectivity index (χ2n) is 8.73. The van der Waals surface area contributed by atoms with E-state index in [0.717, 1.165) is 6.26 Å². The van der Waals surface area contributed by atoms with Crippen LogP contribution in [0.3, 0.4) is 0 Å². The van der Waals surface area contributed by atoms with Crippen molar-refractivity contribution in [2.75, 3.05) is 12.8 Å². The topological polar surface area (TPSA) is 118 Å². The van der Waals surface area contributed by atoms with Crippen LogP contribution >= 0.6 is 0 Å². The second kappa shape index (κ2) is 7.57. The summed E-state index contributed by atoms with van der Waals surface area (Å²) in [5, 5.41) is 11.0. The highest BCUT2D eigenvalue weighted by atomic mass is 32.2. The van der Waals surface area contributed by atoms with Gasteiger partial charge in [0.25, 0.3) is 0 Å². The number of likely N-dealkylation sites (tertiary alicyclic amines) is 1. The van der Waals surface area contributed by atoms with E-state index < -0.39 is 37.4 Å². The molecule has 0 unspecified atom stereocenters. The van der Waals surface area contributed by atoms with E-state index in [9.17, 15) is 26.7 Å². The smallest absolute Gasteiger partial charge is 0.223 e. The van der Waals surface area contributed by atoms with Crippen LogP contribution in [0.4, 0.5) is 0 Å². The first-order valence-electron chi connectivity index (χ1n) is 10.2. The van der Waals surface area contributed by atoms with Gasteiger partial charge in [0.05, 0.1) is 20.7 Å². The number of hydrogen-bond acceptors (Lipinski definition) is 7. The number of carbonyl (C=O) groups is 1. The molecule has 2 aromatic carbocycles. The lowest BCUT2D eigenvalue weighted by atomic mass is 9.85. The first-order chi connectivity index (χ1) is 14.8. The Hall–Kier alpha value is -2.43. The molecule has 1 fully saturated rings. The van der Waals surface area contributed by atoms with Gasteiger partial charge < -0.3 is 14.7 Å². The number of nitrogens with zero attached hydrogens (tertiary/aromatic N) is 1. The van der Waals surface area contributed by atoms with Crippen LogP contribution in [0.1, 0.15) is 38.3 Å². The Morgan fingerprint density at radius 3 is 2.16 bits per heavy atom. The minimum atomic E-state index is -3.98. The molecule has 32 heavy (non-hydrogen) atoms. The first kappa shape index (κ1) is 22.8. The van der Waals surface area contributed by atoms with Gasteiger partial charge >= 0.3 is 0 Å². The molecule has 8 nitrogen and oxygen atoms in total. The third-order valence-corrected chi connectivity index (χ3v) is 8.90. The molecular formula is C22H25NO7S2. The van der Waals surface area contributed by atoms with Crippen LogP contribution in [0.15, 0.2) is 57.2 Å². The summed E-state index contributed by atoms with van der Waals surface area (Å²) < 4.78 is 55.8. The molecule has 10 heteroatoms. The molecular weight excluding hydrogens is 454 g/mol. The van der Waals surface area contributed by atoms with Crippen molar-refractivity contribution in [1.82, 2.24) is 4.90 Å². The van der Waals surface area contributed by atoms with Crippen molar-refractivity contribution < 1.29 is 31.5 Å². The van der Waals surface area contributed by atoms with Crippen LogP contribution in [0.2, 0.25) is 0 Å². The Kier molecular flexibility index (Phi) is 5.38. The van der Waals surface area contributed by atoms with Gasteiger partial charge in [-0.05, 0) is 62.7 Å². The number of ether oxygens (including phenoxy) is 1.